The standard InChI is InChI=1S/C18H28N2O2/c1-3-4-5-6-9-14-20-16-17(2)12-15-19-13-10-7-8-11-18(21)22/h3-6,9,12-13,15,17,20H,1,7-8,10-11,14,16H2,2H3,(H,21,22)/b5-4-,9-6+,15-12+,19-13?. The van der Waals surface area contributed by atoms with E-state index in [-0.39, 0.29) is 6.42 Å². The van der Waals surface area contributed by atoms with Crippen LogP contribution in [0.3, 0.4) is 0 Å². The van der Waals surface area contributed by atoms with Crippen LogP contribution in [0.5, 0.6) is 0 Å². The monoisotopic (exact) mass is 304 g/mol. The number of nitrogens with one attached hydrogen (secondary N) is 1. The van der Waals surface area contributed by atoms with E-state index >= 15 is 0 Å². The Kier molecular flexibility index (Phi) is 14.1. The maximum atomic E-state index is 10.3. The highest BCUT2D eigenvalue weighted by molar-refractivity contribution is 5.66. The molecule has 0 saturated carbocycles. The molecule has 4 heteroatoms. The van der Waals surface area contributed by atoms with E-state index in [1.807, 2.05) is 30.6 Å². The first kappa shape index (κ1) is 20.1. The fraction of sp³-hybridized carbons (Fsp3) is 0.444. The number of hydrogen-bond acceptors (Lipinski definition) is 3. The average molecular weight is 304 g/mol. The van der Waals surface area contributed by atoms with Crippen molar-refractivity contribution in [3.05, 3.63) is 49.2 Å². The van der Waals surface area contributed by atoms with Crippen LogP contribution < -0.4 is 5.32 Å². The topological polar surface area (TPSA) is 61.7 Å². The third kappa shape index (κ3) is 16.1. The normalized spacial score (nSPS) is 13.7. The van der Waals surface area contributed by atoms with Gasteiger partial charge in [0.15, 0.2) is 0 Å². The quantitative estimate of drug-likeness (QED) is 0.309. The molecular formula is C18H28N2O2. The van der Waals surface area contributed by atoms with E-state index in [1.54, 1.807) is 6.08 Å². The van der Waals surface area contributed by atoms with Crippen molar-refractivity contribution in [2.45, 2.75) is 32.6 Å². The molecule has 0 amide bonds. The first-order valence-electron chi connectivity index (χ1n) is 7.72. The fourth-order valence-corrected chi connectivity index (χ4v) is 1.60. The van der Waals surface area contributed by atoms with Gasteiger partial charge < -0.3 is 10.4 Å². The molecule has 0 aliphatic rings. The zero-order chi connectivity index (χ0) is 16.5. The predicted molar refractivity (Wildman–Crippen MR) is 94.2 cm³/mol. The molecule has 0 aliphatic heterocycles. The lowest BCUT2D eigenvalue weighted by Gasteiger charge is -2.05. The van der Waals surface area contributed by atoms with Crippen molar-refractivity contribution in [1.82, 2.24) is 5.32 Å². The molecule has 122 valence electrons. The minimum Gasteiger partial charge on any atom is -0.481 e. The molecule has 0 aromatic carbocycles. The number of allylic oxidation sites excluding steroid dienone is 4. The Balaban J connectivity index is 3.59. The second kappa shape index (κ2) is 15.4. The Morgan fingerprint density at radius 2 is 2.14 bits per heavy atom. The summed E-state index contributed by atoms with van der Waals surface area (Å²) in [6, 6.07) is 0. The van der Waals surface area contributed by atoms with Crippen LogP contribution in [-0.4, -0.2) is 30.4 Å². The summed E-state index contributed by atoms with van der Waals surface area (Å²) in [5, 5.41) is 11.8. The minimum atomic E-state index is -0.732. The van der Waals surface area contributed by atoms with Gasteiger partial charge in [-0.1, -0.05) is 50.0 Å². The van der Waals surface area contributed by atoms with Crippen molar-refractivity contribution in [2.75, 3.05) is 13.1 Å². The number of aliphatic imine (C=N–C) groups is 1. The number of unbranched alkanes of at least 4 members (excludes halogenated alkanes) is 2. The molecular weight excluding hydrogens is 276 g/mol. The van der Waals surface area contributed by atoms with E-state index in [0.717, 1.165) is 25.9 Å². The second-order valence-corrected chi connectivity index (χ2v) is 5.00. The van der Waals surface area contributed by atoms with Crippen molar-refractivity contribution in [1.29, 1.82) is 0 Å². The van der Waals surface area contributed by atoms with Crippen molar-refractivity contribution < 1.29 is 9.90 Å². The van der Waals surface area contributed by atoms with Crippen molar-refractivity contribution in [3.63, 3.8) is 0 Å². The van der Waals surface area contributed by atoms with Crippen LogP contribution in [-0.2, 0) is 4.79 Å². The smallest absolute Gasteiger partial charge is 0.303 e. The second-order valence-electron chi connectivity index (χ2n) is 5.00. The number of hydrogen-bond donors (Lipinski definition) is 2. The van der Waals surface area contributed by atoms with Crippen LogP contribution in [0, 0.1) is 5.92 Å². The summed E-state index contributed by atoms with van der Waals surface area (Å²) in [6.45, 7) is 7.48. The van der Waals surface area contributed by atoms with Crippen LogP contribution >= 0.6 is 0 Å². The van der Waals surface area contributed by atoms with Crippen LogP contribution in [0.4, 0.5) is 0 Å². The highest BCUT2D eigenvalue weighted by atomic mass is 16.4. The van der Waals surface area contributed by atoms with Crippen LogP contribution in [0.25, 0.3) is 0 Å². The van der Waals surface area contributed by atoms with Gasteiger partial charge in [0.1, 0.15) is 0 Å². The molecule has 22 heavy (non-hydrogen) atoms. The lowest BCUT2D eigenvalue weighted by molar-refractivity contribution is -0.137. The maximum Gasteiger partial charge on any atom is 0.303 e. The Morgan fingerprint density at radius 3 is 2.86 bits per heavy atom. The number of carbonyl (C=O) groups is 1. The molecule has 0 heterocycles. The maximum absolute atomic E-state index is 10.3. The Bertz CT molecular complexity index is 409. The molecule has 0 aromatic heterocycles. The van der Waals surface area contributed by atoms with Crippen LogP contribution in [0.15, 0.2) is 54.2 Å². The number of carboxylic acid groups (broad SMARTS) is 1. The van der Waals surface area contributed by atoms with Gasteiger partial charge >= 0.3 is 5.97 Å². The summed E-state index contributed by atoms with van der Waals surface area (Å²) in [6.07, 6.45) is 18.0. The fourth-order valence-electron chi connectivity index (χ4n) is 1.60. The Morgan fingerprint density at radius 1 is 1.32 bits per heavy atom. The van der Waals surface area contributed by atoms with Gasteiger partial charge in [-0.3, -0.25) is 9.79 Å². The molecule has 0 fully saturated rings. The Labute approximate surface area is 134 Å². The van der Waals surface area contributed by atoms with Crippen molar-refractivity contribution >= 4 is 12.2 Å². The first-order chi connectivity index (χ1) is 10.7. The summed E-state index contributed by atoms with van der Waals surface area (Å²) >= 11 is 0. The summed E-state index contributed by atoms with van der Waals surface area (Å²) in [5.41, 5.74) is 0. The summed E-state index contributed by atoms with van der Waals surface area (Å²) in [5.74, 6) is -0.314. The summed E-state index contributed by atoms with van der Waals surface area (Å²) < 4.78 is 0. The minimum absolute atomic E-state index is 0.240. The highest BCUT2D eigenvalue weighted by Gasteiger charge is 1.95. The molecule has 0 saturated heterocycles. The molecule has 1 unspecified atom stereocenters. The van der Waals surface area contributed by atoms with E-state index < -0.39 is 5.97 Å². The molecule has 0 aromatic rings. The van der Waals surface area contributed by atoms with Crippen LogP contribution in [0.1, 0.15) is 32.6 Å². The van der Waals surface area contributed by atoms with Gasteiger partial charge in [0.25, 0.3) is 0 Å². The van der Waals surface area contributed by atoms with Gasteiger partial charge in [-0.25, -0.2) is 0 Å². The van der Waals surface area contributed by atoms with E-state index in [0.29, 0.717) is 12.3 Å². The number of aliphatic carboxylic acids is 1. The van der Waals surface area contributed by atoms with E-state index in [1.165, 1.54) is 0 Å². The zero-order valence-electron chi connectivity index (χ0n) is 13.4. The van der Waals surface area contributed by atoms with Crippen molar-refractivity contribution in [3.8, 4) is 0 Å². The molecule has 0 spiro atoms. The molecule has 4 nitrogen and oxygen atoms in total. The zero-order valence-corrected chi connectivity index (χ0v) is 13.4. The van der Waals surface area contributed by atoms with Gasteiger partial charge in [-0.2, -0.15) is 0 Å². The largest absolute Gasteiger partial charge is 0.481 e. The first-order valence-corrected chi connectivity index (χ1v) is 7.72. The molecule has 1 atom stereocenters. The predicted octanol–water partition coefficient (Wildman–Crippen LogP) is 3.74. The number of carboxylic acids is 1. The molecule has 2 N–H and O–H groups in total. The van der Waals surface area contributed by atoms with Crippen LogP contribution in [0.2, 0.25) is 0 Å². The number of nitrogens with zero attached hydrogens (tertiary/aromatic N) is 1. The summed E-state index contributed by atoms with van der Waals surface area (Å²) in [7, 11) is 0. The lowest BCUT2D eigenvalue weighted by atomic mass is 10.2. The molecule has 0 rings (SSSR count). The van der Waals surface area contributed by atoms with E-state index in [4.69, 9.17) is 5.11 Å². The molecule has 0 aliphatic carbocycles. The third-order valence-electron chi connectivity index (χ3n) is 2.80. The van der Waals surface area contributed by atoms with Gasteiger partial charge in [0.2, 0.25) is 0 Å². The average Bonchev–Trinajstić information content (AvgIpc) is 2.48. The van der Waals surface area contributed by atoms with Crippen molar-refractivity contribution in [2.24, 2.45) is 10.9 Å². The molecule has 0 bridgehead atoms. The van der Waals surface area contributed by atoms with E-state index in [2.05, 4.69) is 36.0 Å². The molecule has 0 radical (unpaired) electrons. The van der Waals surface area contributed by atoms with Gasteiger partial charge in [0.05, 0.1) is 0 Å². The van der Waals surface area contributed by atoms with Gasteiger partial charge in [-0.15, -0.1) is 0 Å². The summed E-state index contributed by atoms with van der Waals surface area (Å²) in [4.78, 5) is 14.5. The van der Waals surface area contributed by atoms with E-state index in [9.17, 15) is 4.79 Å². The SMILES string of the molecule is C=C/C=C\C=C\CNCC(C)/C=C/N=CCCCCC(=O)O. The lowest BCUT2D eigenvalue weighted by Crippen LogP contribution is -2.19. The Hall–Kier alpha value is -1.94. The third-order valence-corrected chi connectivity index (χ3v) is 2.80. The number of rotatable bonds is 13. The van der Waals surface area contributed by atoms with Gasteiger partial charge in [0, 0.05) is 31.9 Å². The van der Waals surface area contributed by atoms with Gasteiger partial charge in [-0.05, 0) is 25.2 Å². The highest BCUT2D eigenvalue weighted by Crippen LogP contribution is 1.98.